The van der Waals surface area contributed by atoms with Gasteiger partial charge in [-0.1, -0.05) is 41.9 Å². The molecule has 0 radical (unpaired) electrons. The van der Waals surface area contributed by atoms with E-state index in [1.54, 1.807) is 18.2 Å². The van der Waals surface area contributed by atoms with Crippen molar-refractivity contribution in [2.45, 2.75) is 17.9 Å². The van der Waals surface area contributed by atoms with Crippen LogP contribution in [0.1, 0.15) is 6.92 Å². The van der Waals surface area contributed by atoms with E-state index in [4.69, 9.17) is 11.6 Å². The Hall–Kier alpha value is -1.93. The second kappa shape index (κ2) is 8.39. The standard InChI is InChI=1S/C19H22ClN3O3S/c1-15(19(24)21-16-7-3-2-4-8-16)22-11-13-23(14-12-22)27(25,26)18-10-6-5-9-17(18)20/h2-10,15H,11-14H2,1H3,(H,21,24). The van der Waals surface area contributed by atoms with Crippen LogP contribution in [0.25, 0.3) is 0 Å². The molecule has 1 atom stereocenters. The predicted molar refractivity (Wildman–Crippen MR) is 106 cm³/mol. The highest BCUT2D eigenvalue weighted by atomic mass is 35.5. The van der Waals surface area contributed by atoms with Crippen molar-refractivity contribution >= 4 is 33.2 Å². The van der Waals surface area contributed by atoms with E-state index in [1.165, 1.54) is 10.4 Å². The molecule has 0 bridgehead atoms. The Kier molecular flexibility index (Phi) is 6.16. The summed E-state index contributed by atoms with van der Waals surface area (Å²) < 4.78 is 27.0. The van der Waals surface area contributed by atoms with E-state index in [0.29, 0.717) is 26.2 Å². The minimum Gasteiger partial charge on any atom is -0.325 e. The Balaban J connectivity index is 1.61. The SMILES string of the molecule is CC(C(=O)Nc1ccccc1)N1CCN(S(=O)(=O)c2ccccc2Cl)CC1. The van der Waals surface area contributed by atoms with Gasteiger partial charge in [0.05, 0.1) is 11.1 Å². The number of rotatable bonds is 5. The molecule has 144 valence electrons. The highest BCUT2D eigenvalue weighted by Gasteiger charge is 2.32. The lowest BCUT2D eigenvalue weighted by molar-refractivity contribution is -0.121. The summed E-state index contributed by atoms with van der Waals surface area (Å²) in [6.45, 7) is 3.42. The third kappa shape index (κ3) is 4.50. The summed E-state index contributed by atoms with van der Waals surface area (Å²) in [5.41, 5.74) is 0.745. The average molecular weight is 408 g/mol. The number of sulfonamides is 1. The van der Waals surface area contributed by atoms with Gasteiger partial charge in [0.1, 0.15) is 4.90 Å². The zero-order valence-electron chi connectivity index (χ0n) is 15.0. The molecule has 1 aliphatic heterocycles. The minimum atomic E-state index is -3.64. The molecule has 0 saturated carbocycles. The number of carbonyl (C=O) groups is 1. The first-order chi connectivity index (χ1) is 12.9. The Morgan fingerprint density at radius 3 is 2.22 bits per heavy atom. The molecule has 0 spiro atoms. The monoisotopic (exact) mass is 407 g/mol. The Labute approximate surface area is 164 Å². The van der Waals surface area contributed by atoms with Gasteiger partial charge in [-0.2, -0.15) is 4.31 Å². The molecule has 0 aliphatic carbocycles. The van der Waals surface area contributed by atoms with Gasteiger partial charge in [0.25, 0.3) is 0 Å². The zero-order valence-corrected chi connectivity index (χ0v) is 16.6. The van der Waals surface area contributed by atoms with Crippen molar-refractivity contribution < 1.29 is 13.2 Å². The molecule has 2 aromatic carbocycles. The zero-order chi connectivity index (χ0) is 19.4. The number of carbonyl (C=O) groups excluding carboxylic acids is 1. The molecule has 1 saturated heterocycles. The van der Waals surface area contributed by atoms with Crippen molar-refractivity contribution in [2.24, 2.45) is 0 Å². The van der Waals surface area contributed by atoms with E-state index >= 15 is 0 Å². The first-order valence-corrected chi connectivity index (χ1v) is 10.6. The summed E-state index contributed by atoms with van der Waals surface area (Å²) >= 11 is 6.06. The number of benzene rings is 2. The fourth-order valence-electron chi connectivity index (χ4n) is 3.06. The Morgan fingerprint density at radius 1 is 1.00 bits per heavy atom. The fraction of sp³-hybridized carbons (Fsp3) is 0.316. The number of anilines is 1. The van der Waals surface area contributed by atoms with E-state index in [-0.39, 0.29) is 21.9 Å². The van der Waals surface area contributed by atoms with Crippen LogP contribution in [0.15, 0.2) is 59.5 Å². The lowest BCUT2D eigenvalue weighted by atomic mass is 10.2. The number of hydrogen-bond acceptors (Lipinski definition) is 4. The van der Waals surface area contributed by atoms with Crippen molar-refractivity contribution in [3.05, 3.63) is 59.6 Å². The van der Waals surface area contributed by atoms with E-state index < -0.39 is 10.0 Å². The third-order valence-electron chi connectivity index (χ3n) is 4.70. The number of amides is 1. The average Bonchev–Trinajstić information content (AvgIpc) is 2.68. The van der Waals surface area contributed by atoms with Crippen molar-refractivity contribution in [1.82, 2.24) is 9.21 Å². The molecule has 2 aromatic rings. The summed E-state index contributed by atoms with van der Waals surface area (Å²) in [5, 5.41) is 3.10. The molecule has 8 heteroatoms. The van der Waals surface area contributed by atoms with Gasteiger partial charge in [0, 0.05) is 31.9 Å². The van der Waals surface area contributed by atoms with Crippen molar-refractivity contribution in [2.75, 3.05) is 31.5 Å². The van der Waals surface area contributed by atoms with Crippen LogP contribution in [0.4, 0.5) is 5.69 Å². The van der Waals surface area contributed by atoms with Gasteiger partial charge in [-0.25, -0.2) is 8.42 Å². The molecule has 1 N–H and O–H groups in total. The molecule has 0 aromatic heterocycles. The van der Waals surface area contributed by atoms with Gasteiger partial charge in [0.15, 0.2) is 0 Å². The maximum Gasteiger partial charge on any atom is 0.244 e. The van der Waals surface area contributed by atoms with Gasteiger partial charge in [-0.05, 0) is 31.2 Å². The maximum atomic E-state index is 12.8. The van der Waals surface area contributed by atoms with Crippen LogP contribution >= 0.6 is 11.6 Å². The van der Waals surface area contributed by atoms with Crippen LogP contribution in [-0.2, 0) is 14.8 Å². The van der Waals surface area contributed by atoms with Crippen LogP contribution in [0, 0.1) is 0 Å². The molecule has 3 rings (SSSR count). The first-order valence-electron chi connectivity index (χ1n) is 8.74. The van der Waals surface area contributed by atoms with Crippen molar-refractivity contribution in [3.63, 3.8) is 0 Å². The van der Waals surface area contributed by atoms with Gasteiger partial charge in [0.2, 0.25) is 15.9 Å². The fourth-order valence-corrected chi connectivity index (χ4v) is 4.97. The van der Waals surface area contributed by atoms with E-state index in [1.807, 2.05) is 42.2 Å². The molecule has 1 heterocycles. The number of nitrogens with one attached hydrogen (secondary N) is 1. The molecular weight excluding hydrogens is 386 g/mol. The summed E-state index contributed by atoms with van der Waals surface area (Å²) in [6.07, 6.45) is 0. The van der Waals surface area contributed by atoms with Crippen molar-refractivity contribution in [1.29, 1.82) is 0 Å². The quantitative estimate of drug-likeness (QED) is 0.827. The maximum absolute atomic E-state index is 12.8. The van der Waals surface area contributed by atoms with E-state index in [2.05, 4.69) is 5.32 Å². The molecule has 1 fully saturated rings. The highest BCUT2D eigenvalue weighted by Crippen LogP contribution is 2.25. The van der Waals surface area contributed by atoms with Gasteiger partial charge < -0.3 is 5.32 Å². The largest absolute Gasteiger partial charge is 0.325 e. The number of para-hydroxylation sites is 1. The molecule has 1 amide bonds. The third-order valence-corrected chi connectivity index (χ3v) is 7.09. The number of halogens is 1. The number of piperazine rings is 1. The lowest BCUT2D eigenvalue weighted by Crippen LogP contribution is -2.53. The van der Waals surface area contributed by atoms with Gasteiger partial charge in [-0.3, -0.25) is 9.69 Å². The predicted octanol–water partition coefficient (Wildman–Crippen LogP) is 2.67. The first kappa shape index (κ1) is 19.8. The van der Waals surface area contributed by atoms with Crippen LogP contribution < -0.4 is 5.32 Å². The smallest absolute Gasteiger partial charge is 0.244 e. The number of hydrogen-bond donors (Lipinski definition) is 1. The van der Waals surface area contributed by atoms with Crippen LogP contribution in [-0.4, -0.2) is 55.8 Å². The second-order valence-corrected chi connectivity index (χ2v) is 8.72. The Bertz CT molecular complexity index is 897. The van der Waals surface area contributed by atoms with Crippen LogP contribution in [0.2, 0.25) is 5.02 Å². The van der Waals surface area contributed by atoms with Gasteiger partial charge in [-0.15, -0.1) is 0 Å². The van der Waals surface area contributed by atoms with E-state index in [9.17, 15) is 13.2 Å². The van der Waals surface area contributed by atoms with Crippen LogP contribution in [0.3, 0.4) is 0 Å². The summed E-state index contributed by atoms with van der Waals surface area (Å²) in [5.74, 6) is -0.108. The summed E-state index contributed by atoms with van der Waals surface area (Å²) in [7, 11) is -3.64. The topological polar surface area (TPSA) is 69.7 Å². The Morgan fingerprint density at radius 2 is 1.59 bits per heavy atom. The molecule has 1 aliphatic rings. The number of nitrogens with zero attached hydrogens (tertiary/aromatic N) is 2. The van der Waals surface area contributed by atoms with Crippen molar-refractivity contribution in [3.8, 4) is 0 Å². The lowest BCUT2D eigenvalue weighted by Gasteiger charge is -2.36. The van der Waals surface area contributed by atoms with E-state index in [0.717, 1.165) is 5.69 Å². The van der Waals surface area contributed by atoms with Crippen LogP contribution in [0.5, 0.6) is 0 Å². The minimum absolute atomic E-state index is 0.108. The molecule has 6 nitrogen and oxygen atoms in total. The summed E-state index contributed by atoms with van der Waals surface area (Å²) in [6, 6.07) is 15.4. The highest BCUT2D eigenvalue weighted by molar-refractivity contribution is 7.89. The molecule has 1 unspecified atom stereocenters. The van der Waals surface area contributed by atoms with Gasteiger partial charge >= 0.3 is 0 Å². The normalized spacial score (nSPS) is 17.4. The molecule has 27 heavy (non-hydrogen) atoms. The summed E-state index contributed by atoms with van der Waals surface area (Å²) in [4.78, 5) is 14.6. The molecular formula is C19H22ClN3O3S. The second-order valence-electron chi connectivity index (χ2n) is 6.40.